The first-order valence-corrected chi connectivity index (χ1v) is 6.51. The van der Waals surface area contributed by atoms with Crippen LogP contribution in [0.25, 0.3) is 0 Å². The second-order valence-corrected chi connectivity index (χ2v) is 5.11. The molecule has 4 heteroatoms. The number of alkyl halides is 1. The van der Waals surface area contributed by atoms with Gasteiger partial charge in [-0.25, -0.2) is 0 Å². The zero-order valence-electron chi connectivity index (χ0n) is 11.1. The molecule has 1 amide bonds. The van der Waals surface area contributed by atoms with E-state index in [1.54, 1.807) is 7.11 Å². The Kier molecular flexibility index (Phi) is 5.99. The van der Waals surface area contributed by atoms with Crippen molar-refractivity contribution in [3.05, 3.63) is 29.8 Å². The van der Waals surface area contributed by atoms with Crippen LogP contribution in [0, 0.1) is 5.92 Å². The fraction of sp³-hybridized carbons (Fsp3) is 0.500. The van der Waals surface area contributed by atoms with Crippen molar-refractivity contribution in [2.45, 2.75) is 25.6 Å². The molecule has 0 radical (unpaired) electrons. The molecule has 0 aromatic heterocycles. The minimum Gasteiger partial charge on any atom is -0.496 e. The fourth-order valence-corrected chi connectivity index (χ4v) is 1.61. The summed E-state index contributed by atoms with van der Waals surface area (Å²) in [4.78, 5) is 11.8. The summed E-state index contributed by atoms with van der Waals surface area (Å²) >= 11 is 6.08. The second-order valence-electron chi connectivity index (χ2n) is 4.55. The number of halogens is 1. The Labute approximate surface area is 113 Å². The Morgan fingerprint density at radius 1 is 1.39 bits per heavy atom. The standard InChI is InChI=1S/C14H20ClNO2/c1-10(2)12(15)9-16-14(17)8-11-6-4-5-7-13(11)18-3/h4-7,10,12H,8-9H2,1-3H3,(H,16,17). The summed E-state index contributed by atoms with van der Waals surface area (Å²) in [6, 6.07) is 7.51. The Morgan fingerprint density at radius 3 is 2.67 bits per heavy atom. The van der Waals surface area contributed by atoms with Gasteiger partial charge in [-0.1, -0.05) is 32.0 Å². The summed E-state index contributed by atoms with van der Waals surface area (Å²) in [5, 5.41) is 2.80. The van der Waals surface area contributed by atoms with Crippen LogP contribution in [0.1, 0.15) is 19.4 Å². The summed E-state index contributed by atoms with van der Waals surface area (Å²) in [7, 11) is 1.60. The molecule has 0 aliphatic rings. The van der Waals surface area contributed by atoms with Crippen LogP contribution in [0.5, 0.6) is 5.75 Å². The molecule has 18 heavy (non-hydrogen) atoms. The van der Waals surface area contributed by atoms with Gasteiger partial charge in [0.05, 0.1) is 18.9 Å². The molecule has 1 aromatic rings. The third-order valence-electron chi connectivity index (χ3n) is 2.76. The number of para-hydroxylation sites is 1. The van der Waals surface area contributed by atoms with Crippen molar-refractivity contribution in [3.8, 4) is 5.75 Å². The monoisotopic (exact) mass is 269 g/mol. The van der Waals surface area contributed by atoms with Gasteiger partial charge in [-0.15, -0.1) is 11.6 Å². The van der Waals surface area contributed by atoms with Crippen LogP contribution in [-0.2, 0) is 11.2 Å². The summed E-state index contributed by atoms with van der Waals surface area (Å²) in [6.45, 7) is 4.56. The zero-order valence-corrected chi connectivity index (χ0v) is 11.8. The molecule has 0 heterocycles. The Balaban J connectivity index is 2.49. The van der Waals surface area contributed by atoms with Crippen LogP contribution in [-0.4, -0.2) is 24.9 Å². The van der Waals surface area contributed by atoms with E-state index in [9.17, 15) is 4.79 Å². The number of benzene rings is 1. The first-order chi connectivity index (χ1) is 8.54. The molecule has 1 unspecified atom stereocenters. The summed E-state index contributed by atoms with van der Waals surface area (Å²) in [6.07, 6.45) is 0.311. The average Bonchev–Trinajstić information content (AvgIpc) is 2.36. The van der Waals surface area contributed by atoms with Gasteiger partial charge < -0.3 is 10.1 Å². The van der Waals surface area contributed by atoms with E-state index in [0.29, 0.717) is 18.9 Å². The minimum absolute atomic E-state index is 0.0355. The Bertz CT molecular complexity index is 393. The molecule has 1 rings (SSSR count). The number of amides is 1. The van der Waals surface area contributed by atoms with Crippen molar-refractivity contribution >= 4 is 17.5 Å². The van der Waals surface area contributed by atoms with Gasteiger partial charge in [0.1, 0.15) is 5.75 Å². The van der Waals surface area contributed by atoms with E-state index in [-0.39, 0.29) is 11.3 Å². The maximum atomic E-state index is 11.8. The van der Waals surface area contributed by atoms with Crippen LogP contribution in [0.4, 0.5) is 0 Å². The molecule has 100 valence electrons. The number of hydrogen-bond donors (Lipinski definition) is 1. The molecule has 0 aliphatic heterocycles. The van der Waals surface area contributed by atoms with Crippen LogP contribution >= 0.6 is 11.6 Å². The number of carbonyl (C=O) groups excluding carboxylic acids is 1. The van der Waals surface area contributed by atoms with Gasteiger partial charge in [-0.3, -0.25) is 4.79 Å². The highest BCUT2D eigenvalue weighted by molar-refractivity contribution is 6.21. The van der Waals surface area contributed by atoms with Gasteiger partial charge in [0.15, 0.2) is 0 Å². The van der Waals surface area contributed by atoms with E-state index in [0.717, 1.165) is 11.3 Å². The first kappa shape index (κ1) is 14.8. The van der Waals surface area contributed by atoms with E-state index in [1.165, 1.54) is 0 Å². The third-order valence-corrected chi connectivity index (χ3v) is 3.42. The summed E-state index contributed by atoms with van der Waals surface area (Å²) < 4.78 is 5.20. The molecule has 3 nitrogen and oxygen atoms in total. The molecular weight excluding hydrogens is 250 g/mol. The topological polar surface area (TPSA) is 38.3 Å². The fourth-order valence-electron chi connectivity index (χ4n) is 1.53. The number of hydrogen-bond acceptors (Lipinski definition) is 2. The lowest BCUT2D eigenvalue weighted by atomic mass is 10.1. The van der Waals surface area contributed by atoms with E-state index >= 15 is 0 Å². The largest absolute Gasteiger partial charge is 0.496 e. The van der Waals surface area contributed by atoms with Gasteiger partial charge in [-0.2, -0.15) is 0 Å². The molecule has 1 aromatic carbocycles. The van der Waals surface area contributed by atoms with Crippen LogP contribution < -0.4 is 10.1 Å². The highest BCUT2D eigenvalue weighted by atomic mass is 35.5. The number of methoxy groups -OCH3 is 1. The van der Waals surface area contributed by atoms with Gasteiger partial charge in [0, 0.05) is 12.1 Å². The van der Waals surface area contributed by atoms with Crippen LogP contribution in [0.15, 0.2) is 24.3 Å². The second kappa shape index (κ2) is 7.27. The lowest BCUT2D eigenvalue weighted by Crippen LogP contribution is -2.33. The van der Waals surface area contributed by atoms with Crippen LogP contribution in [0.3, 0.4) is 0 Å². The predicted molar refractivity (Wildman–Crippen MR) is 74.2 cm³/mol. The zero-order chi connectivity index (χ0) is 13.5. The summed E-state index contributed by atoms with van der Waals surface area (Å²) in [5.41, 5.74) is 0.883. The quantitative estimate of drug-likeness (QED) is 0.807. The maximum absolute atomic E-state index is 11.8. The number of nitrogens with one attached hydrogen (secondary N) is 1. The molecule has 0 fully saturated rings. The number of rotatable bonds is 6. The number of carbonyl (C=O) groups is 1. The van der Waals surface area contributed by atoms with E-state index < -0.39 is 0 Å². The molecule has 0 bridgehead atoms. The van der Waals surface area contributed by atoms with E-state index in [2.05, 4.69) is 5.32 Å². The molecular formula is C14H20ClNO2. The highest BCUT2D eigenvalue weighted by Crippen LogP contribution is 2.17. The predicted octanol–water partition coefficient (Wildman–Crippen LogP) is 2.62. The van der Waals surface area contributed by atoms with Crippen molar-refractivity contribution < 1.29 is 9.53 Å². The first-order valence-electron chi connectivity index (χ1n) is 6.07. The Hall–Kier alpha value is -1.22. The van der Waals surface area contributed by atoms with Crippen molar-refractivity contribution in [1.29, 1.82) is 0 Å². The molecule has 1 N–H and O–H groups in total. The SMILES string of the molecule is COc1ccccc1CC(=O)NCC(Cl)C(C)C. The lowest BCUT2D eigenvalue weighted by molar-refractivity contribution is -0.120. The van der Waals surface area contributed by atoms with Gasteiger partial charge in [0.25, 0.3) is 0 Å². The van der Waals surface area contributed by atoms with Crippen molar-refractivity contribution in [1.82, 2.24) is 5.32 Å². The highest BCUT2D eigenvalue weighted by Gasteiger charge is 2.12. The van der Waals surface area contributed by atoms with Crippen LogP contribution in [0.2, 0.25) is 0 Å². The molecule has 0 aliphatic carbocycles. The van der Waals surface area contributed by atoms with Crippen molar-refractivity contribution in [3.63, 3.8) is 0 Å². The average molecular weight is 270 g/mol. The Morgan fingerprint density at radius 2 is 2.06 bits per heavy atom. The van der Waals surface area contributed by atoms with Crippen molar-refractivity contribution in [2.24, 2.45) is 5.92 Å². The van der Waals surface area contributed by atoms with Gasteiger partial charge >= 0.3 is 0 Å². The third kappa shape index (κ3) is 4.57. The summed E-state index contributed by atoms with van der Waals surface area (Å²) in [5.74, 6) is 1.04. The van der Waals surface area contributed by atoms with Crippen molar-refractivity contribution in [2.75, 3.05) is 13.7 Å². The smallest absolute Gasteiger partial charge is 0.224 e. The molecule has 0 saturated heterocycles. The van der Waals surface area contributed by atoms with Gasteiger partial charge in [0.2, 0.25) is 5.91 Å². The van der Waals surface area contributed by atoms with Gasteiger partial charge in [-0.05, 0) is 12.0 Å². The normalized spacial score (nSPS) is 12.3. The van der Waals surface area contributed by atoms with E-state index in [1.807, 2.05) is 38.1 Å². The molecule has 0 saturated carbocycles. The number of ether oxygens (including phenoxy) is 1. The minimum atomic E-state index is -0.0363. The molecule has 0 spiro atoms. The molecule has 1 atom stereocenters. The lowest BCUT2D eigenvalue weighted by Gasteiger charge is -2.14. The maximum Gasteiger partial charge on any atom is 0.224 e. The van der Waals surface area contributed by atoms with E-state index in [4.69, 9.17) is 16.3 Å².